The van der Waals surface area contributed by atoms with E-state index in [4.69, 9.17) is 4.74 Å². The number of benzene rings is 1. The summed E-state index contributed by atoms with van der Waals surface area (Å²) >= 11 is 0. The van der Waals surface area contributed by atoms with Crippen molar-refractivity contribution in [2.75, 3.05) is 19.0 Å². The summed E-state index contributed by atoms with van der Waals surface area (Å²) in [5.41, 5.74) is 2.28. The minimum atomic E-state index is 0.914. The molecule has 0 fully saturated rings. The predicted molar refractivity (Wildman–Crippen MR) is 79.1 cm³/mol. The molecule has 0 aliphatic heterocycles. The van der Waals surface area contributed by atoms with Crippen molar-refractivity contribution in [2.24, 2.45) is 0 Å². The molecule has 0 spiro atoms. The number of rotatable bonds is 3. The molecule has 0 saturated heterocycles. The first kappa shape index (κ1) is 17.9. The Balaban J connectivity index is 0. The zero-order valence-electron chi connectivity index (χ0n) is 12.0. The predicted octanol–water partition coefficient (Wildman–Crippen LogP) is 4.65. The second kappa shape index (κ2) is 12.6. The molecule has 0 heterocycles. The van der Waals surface area contributed by atoms with Crippen LogP contribution in [0.25, 0.3) is 0 Å². The van der Waals surface area contributed by atoms with E-state index in [-0.39, 0.29) is 0 Å². The molecular weight excluding hydrogens is 210 g/mol. The molecule has 0 aliphatic rings. The Labute approximate surface area is 107 Å². The topological polar surface area (TPSA) is 21.3 Å². The second-order valence-electron chi connectivity index (χ2n) is 3.44. The van der Waals surface area contributed by atoms with Crippen molar-refractivity contribution in [3.05, 3.63) is 36.9 Å². The Morgan fingerprint density at radius 3 is 2.12 bits per heavy atom. The van der Waals surface area contributed by atoms with Gasteiger partial charge in [-0.05, 0) is 31.5 Å². The molecule has 1 aromatic rings. The molecule has 0 aromatic heterocycles. The summed E-state index contributed by atoms with van der Waals surface area (Å²) in [6.45, 7) is 15.3. The van der Waals surface area contributed by atoms with Crippen molar-refractivity contribution in [3.63, 3.8) is 0 Å². The van der Waals surface area contributed by atoms with E-state index in [0.717, 1.165) is 18.0 Å². The largest absolute Gasteiger partial charge is 0.495 e. The fraction of sp³-hybridized carbons (Fsp3) is 0.467. The summed E-state index contributed by atoms with van der Waals surface area (Å²) < 4.78 is 5.22. The third kappa shape index (κ3) is 8.38. The summed E-state index contributed by atoms with van der Waals surface area (Å²) in [7, 11) is 1.69. The van der Waals surface area contributed by atoms with Gasteiger partial charge in [0.05, 0.1) is 12.8 Å². The molecule has 2 nitrogen and oxygen atoms in total. The van der Waals surface area contributed by atoms with E-state index in [1.807, 2.05) is 12.1 Å². The molecule has 0 aliphatic carbocycles. The van der Waals surface area contributed by atoms with Crippen molar-refractivity contribution in [3.8, 4) is 5.75 Å². The Morgan fingerprint density at radius 2 is 1.71 bits per heavy atom. The highest BCUT2D eigenvalue weighted by atomic mass is 16.5. The number of methoxy groups -OCH3 is 1. The Morgan fingerprint density at radius 1 is 1.18 bits per heavy atom. The van der Waals surface area contributed by atoms with E-state index in [1.54, 1.807) is 7.11 Å². The average molecular weight is 237 g/mol. The van der Waals surface area contributed by atoms with Crippen molar-refractivity contribution in [1.29, 1.82) is 0 Å². The number of hydrogen-bond donors (Lipinski definition) is 1. The third-order valence-corrected chi connectivity index (χ3v) is 1.72. The summed E-state index contributed by atoms with van der Waals surface area (Å²) in [5.74, 6) is 0.914. The van der Waals surface area contributed by atoms with Crippen molar-refractivity contribution in [1.82, 2.24) is 0 Å². The number of nitrogens with one attached hydrogen (secondary N) is 1. The molecule has 0 saturated carbocycles. The molecule has 2 heteroatoms. The first-order chi connectivity index (χ1) is 8.19. The van der Waals surface area contributed by atoms with Crippen molar-refractivity contribution < 1.29 is 4.74 Å². The standard InChI is InChI=1S/C10H15NO.C3H8.C2H4/c1-4-11-9-6-5-8(2)7-10(9)12-3;1-3-2;1-2/h5-7,11H,4H2,1-3H3;3H2,1-2H3;1-2H2. The summed E-state index contributed by atoms with van der Waals surface area (Å²) in [5, 5.41) is 3.23. The van der Waals surface area contributed by atoms with Crippen LogP contribution in [-0.4, -0.2) is 13.7 Å². The molecule has 0 atom stereocenters. The first-order valence-corrected chi connectivity index (χ1v) is 6.08. The van der Waals surface area contributed by atoms with E-state index >= 15 is 0 Å². The Hall–Kier alpha value is -1.44. The van der Waals surface area contributed by atoms with Crippen LogP contribution in [0.1, 0.15) is 32.8 Å². The highest BCUT2D eigenvalue weighted by Gasteiger charge is 1.99. The smallest absolute Gasteiger partial charge is 0.142 e. The van der Waals surface area contributed by atoms with E-state index in [2.05, 4.69) is 52.2 Å². The van der Waals surface area contributed by atoms with Gasteiger partial charge in [0.1, 0.15) is 5.75 Å². The van der Waals surface area contributed by atoms with Gasteiger partial charge < -0.3 is 10.1 Å². The molecule has 1 N–H and O–H groups in total. The van der Waals surface area contributed by atoms with Crippen LogP contribution in [0.3, 0.4) is 0 Å². The zero-order valence-corrected chi connectivity index (χ0v) is 12.0. The lowest BCUT2D eigenvalue weighted by Crippen LogP contribution is -1.99. The Kier molecular flexibility index (Phi) is 13.3. The fourth-order valence-corrected chi connectivity index (χ4v) is 1.13. The number of hydrogen-bond acceptors (Lipinski definition) is 2. The fourth-order valence-electron chi connectivity index (χ4n) is 1.13. The normalized spacial score (nSPS) is 8.06. The quantitative estimate of drug-likeness (QED) is 0.772. The van der Waals surface area contributed by atoms with E-state index in [0.29, 0.717) is 0 Å². The average Bonchev–Trinajstić information content (AvgIpc) is 2.35. The van der Waals surface area contributed by atoms with Crippen molar-refractivity contribution in [2.45, 2.75) is 34.1 Å². The van der Waals surface area contributed by atoms with Crippen molar-refractivity contribution >= 4 is 5.69 Å². The van der Waals surface area contributed by atoms with Crippen LogP contribution in [-0.2, 0) is 0 Å². The molecule has 0 unspecified atom stereocenters. The van der Waals surface area contributed by atoms with Gasteiger partial charge in [-0.25, -0.2) is 0 Å². The van der Waals surface area contributed by atoms with E-state index in [9.17, 15) is 0 Å². The van der Waals surface area contributed by atoms with Gasteiger partial charge in [-0.15, -0.1) is 13.2 Å². The third-order valence-electron chi connectivity index (χ3n) is 1.72. The van der Waals surface area contributed by atoms with Gasteiger partial charge in [0.2, 0.25) is 0 Å². The van der Waals surface area contributed by atoms with Crippen LogP contribution >= 0.6 is 0 Å². The molecule has 0 amide bonds. The summed E-state index contributed by atoms with van der Waals surface area (Å²) in [6.07, 6.45) is 1.25. The lowest BCUT2D eigenvalue weighted by Gasteiger charge is -2.09. The van der Waals surface area contributed by atoms with Crippen LogP contribution in [0.15, 0.2) is 31.4 Å². The minimum Gasteiger partial charge on any atom is -0.495 e. The lowest BCUT2D eigenvalue weighted by molar-refractivity contribution is 0.416. The van der Waals surface area contributed by atoms with Gasteiger partial charge in [0, 0.05) is 6.54 Å². The molecule has 0 radical (unpaired) electrons. The number of anilines is 1. The van der Waals surface area contributed by atoms with Crippen LogP contribution in [0, 0.1) is 6.92 Å². The lowest BCUT2D eigenvalue weighted by atomic mass is 10.2. The molecule has 17 heavy (non-hydrogen) atoms. The van der Waals surface area contributed by atoms with Crippen LogP contribution in [0.5, 0.6) is 5.75 Å². The molecule has 98 valence electrons. The maximum Gasteiger partial charge on any atom is 0.142 e. The first-order valence-electron chi connectivity index (χ1n) is 6.08. The van der Waals surface area contributed by atoms with Gasteiger partial charge in [0.15, 0.2) is 0 Å². The van der Waals surface area contributed by atoms with E-state index in [1.165, 1.54) is 12.0 Å². The molecular formula is C15H27NO. The highest BCUT2D eigenvalue weighted by molar-refractivity contribution is 5.57. The maximum atomic E-state index is 5.22. The molecule has 0 bridgehead atoms. The second-order valence-corrected chi connectivity index (χ2v) is 3.44. The van der Waals surface area contributed by atoms with Gasteiger partial charge in [0.25, 0.3) is 0 Å². The summed E-state index contributed by atoms with van der Waals surface area (Å²) in [4.78, 5) is 0. The van der Waals surface area contributed by atoms with Crippen LogP contribution in [0.4, 0.5) is 5.69 Å². The molecule has 1 rings (SSSR count). The van der Waals surface area contributed by atoms with E-state index < -0.39 is 0 Å². The van der Waals surface area contributed by atoms with Gasteiger partial charge >= 0.3 is 0 Å². The Bertz CT molecular complexity index is 284. The highest BCUT2D eigenvalue weighted by Crippen LogP contribution is 2.24. The number of ether oxygens (including phenoxy) is 1. The van der Waals surface area contributed by atoms with Crippen LogP contribution in [0.2, 0.25) is 0 Å². The van der Waals surface area contributed by atoms with Gasteiger partial charge in [-0.1, -0.05) is 26.3 Å². The zero-order chi connectivity index (χ0) is 13.7. The van der Waals surface area contributed by atoms with Gasteiger partial charge in [-0.2, -0.15) is 0 Å². The SMILES string of the molecule is C=C.CCC.CCNc1ccc(C)cc1OC. The molecule has 1 aromatic carbocycles. The maximum absolute atomic E-state index is 5.22. The summed E-state index contributed by atoms with van der Waals surface area (Å²) in [6, 6.07) is 6.14. The minimum absolute atomic E-state index is 0.914. The van der Waals surface area contributed by atoms with Gasteiger partial charge in [-0.3, -0.25) is 0 Å². The monoisotopic (exact) mass is 237 g/mol. The van der Waals surface area contributed by atoms with Crippen LogP contribution < -0.4 is 10.1 Å². The number of aryl methyl sites for hydroxylation is 1.